The number of esters is 3. The Hall–Kier alpha value is -4.19. The second-order valence-electron chi connectivity index (χ2n) is 18.4. The highest BCUT2D eigenvalue weighted by Crippen LogP contribution is 2.14. The largest absolute Gasteiger partial charge is 0.462 e. The van der Waals surface area contributed by atoms with Crippen molar-refractivity contribution in [2.45, 2.75) is 252 Å². The van der Waals surface area contributed by atoms with Gasteiger partial charge >= 0.3 is 17.9 Å². The summed E-state index contributed by atoms with van der Waals surface area (Å²) < 4.78 is 16.8. The normalized spacial score (nSPS) is 13.0. The lowest BCUT2D eigenvalue weighted by atomic mass is 10.1. The highest BCUT2D eigenvalue weighted by molar-refractivity contribution is 5.71. The fourth-order valence-corrected chi connectivity index (χ4v) is 7.45. The first-order valence-electron chi connectivity index (χ1n) is 28.5. The van der Waals surface area contributed by atoms with E-state index in [2.05, 4.69) is 142 Å². The molecule has 0 spiro atoms. The van der Waals surface area contributed by atoms with Crippen LogP contribution in [0.5, 0.6) is 0 Å². The van der Waals surface area contributed by atoms with Gasteiger partial charge in [-0.1, -0.05) is 219 Å². The van der Waals surface area contributed by atoms with Crippen LogP contribution in [0.3, 0.4) is 0 Å². The van der Waals surface area contributed by atoms with Gasteiger partial charge in [-0.3, -0.25) is 14.4 Å². The van der Waals surface area contributed by atoms with Crippen LogP contribution < -0.4 is 0 Å². The molecule has 0 saturated heterocycles. The first kappa shape index (κ1) is 65.8. The molecule has 0 radical (unpaired) electrons. The Morgan fingerprint density at radius 1 is 0.300 bits per heavy atom. The van der Waals surface area contributed by atoms with Crippen LogP contribution in [-0.2, 0) is 28.6 Å². The molecular formula is C64H104O6. The Labute approximate surface area is 431 Å². The topological polar surface area (TPSA) is 78.9 Å². The number of ether oxygens (including phenoxy) is 3. The summed E-state index contributed by atoms with van der Waals surface area (Å²) in [6, 6.07) is 0. The third kappa shape index (κ3) is 54.7. The SMILES string of the molecule is CC/C=C\C/C=C\C/C=C\C/C=C\CCCCCCCCC(=O)OCC(COC(=O)CCCCC/C=C\C/C=C\C/C=C\C/C=C\CC)OC(=O)CCCCCCCCC/C=C\C/C=C\CCCCC. The molecule has 0 heterocycles. The molecule has 0 fully saturated rings. The lowest BCUT2D eigenvalue weighted by molar-refractivity contribution is -0.167. The van der Waals surface area contributed by atoms with Crippen LogP contribution in [0, 0.1) is 0 Å². The van der Waals surface area contributed by atoms with Gasteiger partial charge in [-0.15, -0.1) is 0 Å². The molecule has 6 nitrogen and oxygen atoms in total. The van der Waals surface area contributed by atoms with Crippen molar-refractivity contribution in [2.24, 2.45) is 0 Å². The van der Waals surface area contributed by atoms with E-state index in [0.29, 0.717) is 19.3 Å². The van der Waals surface area contributed by atoms with E-state index < -0.39 is 6.10 Å². The Bertz CT molecular complexity index is 1490. The minimum atomic E-state index is -0.806. The first-order chi connectivity index (χ1) is 34.5. The molecule has 0 aliphatic rings. The van der Waals surface area contributed by atoms with Crippen molar-refractivity contribution in [2.75, 3.05) is 13.2 Å². The summed E-state index contributed by atoms with van der Waals surface area (Å²) in [5, 5.41) is 0. The van der Waals surface area contributed by atoms with E-state index in [0.717, 1.165) is 141 Å². The maximum atomic E-state index is 12.9. The van der Waals surface area contributed by atoms with Crippen molar-refractivity contribution in [3.8, 4) is 0 Å². The number of unbranched alkanes of at least 4 members (excludes halogenated alkanes) is 19. The Balaban J connectivity index is 4.49. The minimum Gasteiger partial charge on any atom is -0.462 e. The number of hydrogen-bond acceptors (Lipinski definition) is 6. The second kappa shape index (κ2) is 57.4. The molecule has 0 saturated carbocycles. The lowest BCUT2D eigenvalue weighted by Gasteiger charge is -2.18. The molecule has 0 aliphatic carbocycles. The number of allylic oxidation sites excluding steroid dienone is 20. The van der Waals surface area contributed by atoms with Crippen molar-refractivity contribution >= 4 is 17.9 Å². The molecule has 0 rings (SSSR count). The van der Waals surface area contributed by atoms with Crippen LogP contribution in [0.15, 0.2) is 122 Å². The Morgan fingerprint density at radius 3 is 0.886 bits per heavy atom. The van der Waals surface area contributed by atoms with E-state index in [1.54, 1.807) is 0 Å². The van der Waals surface area contributed by atoms with Gasteiger partial charge in [0.1, 0.15) is 13.2 Å². The monoisotopic (exact) mass is 969 g/mol. The molecule has 0 aromatic heterocycles. The van der Waals surface area contributed by atoms with Crippen LogP contribution in [0.2, 0.25) is 0 Å². The Kier molecular flexibility index (Phi) is 54.0. The zero-order chi connectivity index (χ0) is 50.7. The number of carbonyl (C=O) groups excluding carboxylic acids is 3. The average Bonchev–Trinajstić information content (AvgIpc) is 3.36. The van der Waals surface area contributed by atoms with Gasteiger partial charge < -0.3 is 14.2 Å². The third-order valence-electron chi connectivity index (χ3n) is 11.7. The molecule has 70 heavy (non-hydrogen) atoms. The summed E-state index contributed by atoms with van der Waals surface area (Å²) in [6.07, 6.45) is 78.9. The van der Waals surface area contributed by atoms with Crippen LogP contribution in [-0.4, -0.2) is 37.2 Å². The molecule has 0 amide bonds. The molecule has 1 unspecified atom stereocenters. The van der Waals surface area contributed by atoms with E-state index in [1.807, 2.05) is 0 Å². The maximum Gasteiger partial charge on any atom is 0.306 e. The van der Waals surface area contributed by atoms with Crippen molar-refractivity contribution < 1.29 is 28.6 Å². The van der Waals surface area contributed by atoms with E-state index in [9.17, 15) is 14.4 Å². The number of rotatable bonds is 50. The third-order valence-corrected chi connectivity index (χ3v) is 11.7. The van der Waals surface area contributed by atoms with Gasteiger partial charge in [-0.2, -0.15) is 0 Å². The van der Waals surface area contributed by atoms with Gasteiger partial charge in [-0.05, 0) is 128 Å². The van der Waals surface area contributed by atoms with Gasteiger partial charge in [0.2, 0.25) is 0 Å². The molecular weight excluding hydrogens is 865 g/mol. The van der Waals surface area contributed by atoms with Gasteiger partial charge in [0.15, 0.2) is 6.10 Å². The molecule has 0 aromatic carbocycles. The van der Waals surface area contributed by atoms with E-state index in [-0.39, 0.29) is 31.1 Å². The number of carbonyl (C=O) groups is 3. The first-order valence-corrected chi connectivity index (χ1v) is 28.5. The maximum absolute atomic E-state index is 12.9. The summed E-state index contributed by atoms with van der Waals surface area (Å²) >= 11 is 0. The van der Waals surface area contributed by atoms with E-state index in [4.69, 9.17) is 14.2 Å². The van der Waals surface area contributed by atoms with Crippen LogP contribution in [0.25, 0.3) is 0 Å². The fraction of sp³-hybridized carbons (Fsp3) is 0.641. The van der Waals surface area contributed by atoms with E-state index >= 15 is 0 Å². The van der Waals surface area contributed by atoms with Gasteiger partial charge in [0.05, 0.1) is 0 Å². The van der Waals surface area contributed by atoms with Crippen molar-refractivity contribution in [3.05, 3.63) is 122 Å². The van der Waals surface area contributed by atoms with Crippen molar-refractivity contribution in [1.82, 2.24) is 0 Å². The van der Waals surface area contributed by atoms with Crippen LogP contribution >= 0.6 is 0 Å². The van der Waals surface area contributed by atoms with Crippen LogP contribution in [0.4, 0.5) is 0 Å². The number of hydrogen-bond donors (Lipinski definition) is 0. The molecule has 0 bridgehead atoms. The van der Waals surface area contributed by atoms with Gasteiger partial charge in [0.25, 0.3) is 0 Å². The molecule has 0 aromatic rings. The lowest BCUT2D eigenvalue weighted by Crippen LogP contribution is -2.30. The fourth-order valence-electron chi connectivity index (χ4n) is 7.45. The average molecular weight is 970 g/mol. The molecule has 396 valence electrons. The summed E-state index contributed by atoms with van der Waals surface area (Å²) in [5.74, 6) is -0.956. The standard InChI is InChI=1S/C64H104O6/c1-4-7-10-13-16-19-22-25-28-31-32-34-36-39-42-45-48-51-54-57-63(66)69-60-61(59-68-62(65)56-53-50-47-44-41-38-35-30-27-24-21-18-15-12-9-6-3)70-64(67)58-55-52-49-46-43-40-37-33-29-26-23-20-17-14-11-8-5-2/h7,9-10,12,16-21,25-30,32,34,38,41,61H,4-6,8,11,13-15,22-24,31,33,35-37,39-40,42-60H2,1-3H3/b10-7-,12-9-,19-16-,20-17-,21-18-,28-25-,29-26-,30-27-,34-32-,41-38-. The van der Waals surface area contributed by atoms with Gasteiger partial charge in [0, 0.05) is 19.3 Å². The quantitative estimate of drug-likeness (QED) is 0.0262. The summed E-state index contributed by atoms with van der Waals surface area (Å²) in [7, 11) is 0. The van der Waals surface area contributed by atoms with Crippen molar-refractivity contribution in [3.63, 3.8) is 0 Å². The smallest absolute Gasteiger partial charge is 0.306 e. The minimum absolute atomic E-state index is 0.102. The highest BCUT2D eigenvalue weighted by atomic mass is 16.6. The van der Waals surface area contributed by atoms with Crippen molar-refractivity contribution in [1.29, 1.82) is 0 Å². The predicted molar refractivity (Wildman–Crippen MR) is 302 cm³/mol. The molecule has 0 aliphatic heterocycles. The highest BCUT2D eigenvalue weighted by Gasteiger charge is 2.19. The second-order valence-corrected chi connectivity index (χ2v) is 18.4. The summed E-state index contributed by atoms with van der Waals surface area (Å²) in [6.45, 7) is 6.34. The van der Waals surface area contributed by atoms with E-state index in [1.165, 1.54) is 64.2 Å². The van der Waals surface area contributed by atoms with Crippen LogP contribution in [0.1, 0.15) is 245 Å². The Morgan fingerprint density at radius 2 is 0.557 bits per heavy atom. The zero-order valence-electron chi connectivity index (χ0n) is 45.2. The summed E-state index contributed by atoms with van der Waals surface area (Å²) in [5.41, 5.74) is 0. The zero-order valence-corrected chi connectivity index (χ0v) is 45.2. The molecule has 6 heteroatoms. The predicted octanol–water partition coefficient (Wildman–Crippen LogP) is 19.3. The molecule has 0 N–H and O–H groups in total. The van der Waals surface area contributed by atoms with Gasteiger partial charge in [-0.25, -0.2) is 0 Å². The molecule has 1 atom stereocenters. The summed E-state index contributed by atoms with van der Waals surface area (Å²) in [4.78, 5) is 38.2.